The fourth-order valence-corrected chi connectivity index (χ4v) is 5.86. The largest absolute Gasteiger partial charge is 0.356 e. The highest BCUT2D eigenvalue weighted by Gasteiger charge is 2.25. The third-order valence-electron chi connectivity index (χ3n) is 6.35. The molecular weight excluding hydrogens is 410 g/mol. The van der Waals surface area contributed by atoms with E-state index < -0.39 is 10.0 Å². The van der Waals surface area contributed by atoms with Crippen molar-refractivity contribution in [2.45, 2.75) is 56.9 Å². The molecule has 2 N–H and O–H groups in total. The predicted molar refractivity (Wildman–Crippen MR) is 127 cm³/mol. The number of aliphatic imine (C=N–C) groups is 1. The first-order valence-corrected chi connectivity index (χ1v) is 13.2. The van der Waals surface area contributed by atoms with Crippen molar-refractivity contribution in [3.8, 4) is 0 Å². The Bertz CT molecular complexity index is 813. The molecule has 2 aliphatic heterocycles. The zero-order chi connectivity index (χ0) is 22.1. The number of hydrogen-bond donors (Lipinski definition) is 2. The summed E-state index contributed by atoms with van der Waals surface area (Å²) in [5, 5.41) is 6.68. The van der Waals surface area contributed by atoms with Gasteiger partial charge in [-0.3, -0.25) is 4.99 Å². The van der Waals surface area contributed by atoms with Crippen LogP contribution >= 0.6 is 0 Å². The van der Waals surface area contributed by atoms with Gasteiger partial charge in [0, 0.05) is 33.2 Å². The summed E-state index contributed by atoms with van der Waals surface area (Å²) in [6.07, 6.45) is 6.70. The van der Waals surface area contributed by atoms with Crippen molar-refractivity contribution in [2.75, 3.05) is 46.3 Å². The van der Waals surface area contributed by atoms with Gasteiger partial charge in [-0.2, -0.15) is 4.31 Å². The van der Waals surface area contributed by atoms with Crippen LogP contribution in [-0.2, 0) is 16.6 Å². The average molecular weight is 450 g/mol. The van der Waals surface area contributed by atoms with Crippen molar-refractivity contribution in [2.24, 2.45) is 10.9 Å². The first-order chi connectivity index (χ1) is 15.0. The van der Waals surface area contributed by atoms with Gasteiger partial charge in [0.1, 0.15) is 0 Å². The maximum absolute atomic E-state index is 12.9. The molecule has 8 heteroatoms. The topological polar surface area (TPSA) is 77.0 Å². The van der Waals surface area contributed by atoms with Crippen molar-refractivity contribution in [1.82, 2.24) is 19.8 Å². The molecule has 0 spiro atoms. The highest BCUT2D eigenvalue weighted by atomic mass is 32.2. The second-order valence-electron chi connectivity index (χ2n) is 8.84. The number of hydrogen-bond acceptors (Lipinski definition) is 4. The van der Waals surface area contributed by atoms with E-state index in [0.717, 1.165) is 56.2 Å². The summed E-state index contributed by atoms with van der Waals surface area (Å²) in [6.45, 7) is 8.54. The Balaban J connectivity index is 1.44. The lowest BCUT2D eigenvalue weighted by Crippen LogP contribution is -2.39. The second-order valence-corrected chi connectivity index (χ2v) is 10.8. The zero-order valence-corrected chi connectivity index (χ0v) is 20.0. The number of nitrogens with one attached hydrogen (secondary N) is 2. The monoisotopic (exact) mass is 449 g/mol. The van der Waals surface area contributed by atoms with Crippen LogP contribution in [0.15, 0.2) is 34.2 Å². The average Bonchev–Trinajstić information content (AvgIpc) is 2.80. The van der Waals surface area contributed by atoms with Gasteiger partial charge >= 0.3 is 0 Å². The Labute approximate surface area is 188 Å². The Kier molecular flexibility index (Phi) is 9.16. The first-order valence-electron chi connectivity index (χ1n) is 11.7. The fraction of sp³-hybridized carbons (Fsp3) is 0.696. The number of guanidine groups is 1. The summed E-state index contributed by atoms with van der Waals surface area (Å²) < 4.78 is 27.5. The van der Waals surface area contributed by atoms with Gasteiger partial charge < -0.3 is 15.5 Å². The maximum Gasteiger partial charge on any atom is 0.243 e. The Morgan fingerprint density at radius 3 is 2.55 bits per heavy atom. The lowest BCUT2D eigenvalue weighted by molar-refractivity contribution is 0.191. The van der Waals surface area contributed by atoms with Gasteiger partial charge in [-0.05, 0) is 75.4 Å². The lowest BCUT2D eigenvalue weighted by Gasteiger charge is -2.30. The van der Waals surface area contributed by atoms with E-state index in [0.29, 0.717) is 24.5 Å². The molecule has 0 unspecified atom stereocenters. The number of likely N-dealkylation sites (tertiary alicyclic amines) is 1. The first kappa shape index (κ1) is 24.0. The van der Waals surface area contributed by atoms with E-state index in [-0.39, 0.29) is 0 Å². The standard InChI is InChI=1S/C23H39N5O2S/c1-20-10-16-27(17-11-20)13-7-12-25-23(24-2)26-19-21-8-6-9-22(18-21)31(29,30)28-14-4-3-5-15-28/h6,8-9,18,20H,3-5,7,10-17,19H2,1-2H3,(H2,24,25,26). The summed E-state index contributed by atoms with van der Waals surface area (Å²) in [5.74, 6) is 1.61. The number of piperidine rings is 2. The van der Waals surface area contributed by atoms with Crippen molar-refractivity contribution in [1.29, 1.82) is 0 Å². The SMILES string of the molecule is CN=C(NCCCN1CCC(C)CC1)NCc1cccc(S(=O)(=O)N2CCCCC2)c1. The van der Waals surface area contributed by atoms with Crippen molar-refractivity contribution >= 4 is 16.0 Å². The van der Waals surface area contributed by atoms with Crippen LogP contribution in [0.2, 0.25) is 0 Å². The minimum Gasteiger partial charge on any atom is -0.356 e. The van der Waals surface area contributed by atoms with E-state index in [2.05, 4.69) is 27.4 Å². The van der Waals surface area contributed by atoms with Crippen LogP contribution in [0.25, 0.3) is 0 Å². The molecule has 0 bridgehead atoms. The van der Waals surface area contributed by atoms with Crippen LogP contribution in [0.4, 0.5) is 0 Å². The molecule has 2 fully saturated rings. The van der Waals surface area contributed by atoms with Crippen molar-refractivity contribution in [3.05, 3.63) is 29.8 Å². The van der Waals surface area contributed by atoms with E-state index in [9.17, 15) is 8.42 Å². The van der Waals surface area contributed by atoms with Gasteiger partial charge in [0.05, 0.1) is 4.90 Å². The summed E-state index contributed by atoms with van der Waals surface area (Å²) >= 11 is 0. The Hall–Kier alpha value is -1.64. The van der Waals surface area contributed by atoms with E-state index in [1.807, 2.05) is 12.1 Å². The molecule has 0 aliphatic carbocycles. The molecule has 7 nitrogen and oxygen atoms in total. The predicted octanol–water partition coefficient (Wildman–Crippen LogP) is 2.65. The van der Waals surface area contributed by atoms with E-state index >= 15 is 0 Å². The summed E-state index contributed by atoms with van der Waals surface area (Å²) in [4.78, 5) is 7.23. The molecular formula is C23H39N5O2S. The molecule has 0 radical (unpaired) electrons. The van der Waals surface area contributed by atoms with Crippen LogP contribution < -0.4 is 10.6 Å². The molecule has 1 aromatic carbocycles. The smallest absolute Gasteiger partial charge is 0.243 e. The maximum atomic E-state index is 12.9. The van der Waals surface area contributed by atoms with Crippen LogP contribution in [0.5, 0.6) is 0 Å². The molecule has 31 heavy (non-hydrogen) atoms. The van der Waals surface area contributed by atoms with Crippen LogP contribution in [0, 0.1) is 5.92 Å². The summed E-state index contributed by atoms with van der Waals surface area (Å²) in [6, 6.07) is 7.25. The van der Waals surface area contributed by atoms with Gasteiger partial charge in [0.2, 0.25) is 10.0 Å². The van der Waals surface area contributed by atoms with Gasteiger partial charge in [0.15, 0.2) is 5.96 Å². The molecule has 0 saturated carbocycles. The van der Waals surface area contributed by atoms with E-state index in [4.69, 9.17) is 0 Å². The molecule has 174 valence electrons. The molecule has 1 aromatic rings. The molecule has 2 aliphatic rings. The van der Waals surface area contributed by atoms with Crippen LogP contribution in [-0.4, -0.2) is 69.9 Å². The fourth-order valence-electron chi connectivity index (χ4n) is 4.27. The minimum absolute atomic E-state index is 0.382. The summed E-state index contributed by atoms with van der Waals surface area (Å²) in [7, 11) is -1.64. The molecule has 0 atom stereocenters. The van der Waals surface area contributed by atoms with Gasteiger partial charge in [0.25, 0.3) is 0 Å². The lowest BCUT2D eigenvalue weighted by atomic mass is 9.99. The van der Waals surface area contributed by atoms with Crippen molar-refractivity contribution in [3.63, 3.8) is 0 Å². The normalized spacial score (nSPS) is 20.0. The number of rotatable bonds is 8. The molecule has 2 saturated heterocycles. The molecule has 0 amide bonds. The molecule has 0 aromatic heterocycles. The Morgan fingerprint density at radius 2 is 1.84 bits per heavy atom. The molecule has 2 heterocycles. The van der Waals surface area contributed by atoms with E-state index in [1.54, 1.807) is 23.5 Å². The van der Waals surface area contributed by atoms with Gasteiger partial charge in [-0.25, -0.2) is 8.42 Å². The zero-order valence-electron chi connectivity index (χ0n) is 19.1. The van der Waals surface area contributed by atoms with Gasteiger partial charge in [-0.15, -0.1) is 0 Å². The van der Waals surface area contributed by atoms with Crippen LogP contribution in [0.3, 0.4) is 0 Å². The van der Waals surface area contributed by atoms with Gasteiger partial charge in [-0.1, -0.05) is 25.5 Å². The third kappa shape index (κ3) is 7.19. The van der Waals surface area contributed by atoms with Crippen LogP contribution in [0.1, 0.15) is 51.0 Å². The van der Waals surface area contributed by atoms with Crippen molar-refractivity contribution < 1.29 is 8.42 Å². The number of sulfonamides is 1. The van der Waals surface area contributed by atoms with E-state index in [1.165, 1.54) is 25.9 Å². The molecule has 3 rings (SSSR count). The highest BCUT2D eigenvalue weighted by Crippen LogP contribution is 2.21. The Morgan fingerprint density at radius 1 is 1.10 bits per heavy atom. The quantitative estimate of drug-likeness (QED) is 0.362. The minimum atomic E-state index is -3.41. The number of benzene rings is 1. The second kappa shape index (κ2) is 11.8. The third-order valence-corrected chi connectivity index (χ3v) is 8.25. The highest BCUT2D eigenvalue weighted by molar-refractivity contribution is 7.89. The number of nitrogens with zero attached hydrogens (tertiary/aromatic N) is 3. The summed E-state index contributed by atoms with van der Waals surface area (Å²) in [5.41, 5.74) is 0.934.